The van der Waals surface area contributed by atoms with Crippen molar-refractivity contribution in [3.63, 3.8) is 0 Å². The van der Waals surface area contributed by atoms with E-state index in [-0.39, 0.29) is 20.1 Å². The van der Waals surface area contributed by atoms with Gasteiger partial charge in [-0.1, -0.05) is 81.1 Å². The molecule has 0 bridgehead atoms. The van der Waals surface area contributed by atoms with Gasteiger partial charge >= 0.3 is 20.1 Å². The zero-order chi connectivity index (χ0) is 27.6. The Balaban J connectivity index is 0.000000218. The number of hydrogen-bond acceptors (Lipinski definition) is 2. The topological polar surface area (TPSA) is 21.7 Å². The average Bonchev–Trinajstić information content (AvgIpc) is 3.39. The summed E-state index contributed by atoms with van der Waals surface area (Å²) >= 11 is 1.82. The van der Waals surface area contributed by atoms with Crippen LogP contribution < -0.4 is 4.57 Å². The van der Waals surface area contributed by atoms with Crippen molar-refractivity contribution in [3.05, 3.63) is 133 Å². The molecule has 0 spiro atoms. The molecule has 0 saturated carbocycles. The number of nitrogens with zero attached hydrogens (tertiary/aromatic N) is 3. The molecule has 1 aliphatic heterocycles. The second kappa shape index (κ2) is 12.6. The van der Waals surface area contributed by atoms with E-state index in [0.29, 0.717) is 11.8 Å². The van der Waals surface area contributed by atoms with Gasteiger partial charge in [0, 0.05) is 11.1 Å². The van der Waals surface area contributed by atoms with Gasteiger partial charge in [-0.25, -0.2) is 0 Å². The van der Waals surface area contributed by atoms with Gasteiger partial charge in [0.2, 0.25) is 0 Å². The van der Waals surface area contributed by atoms with E-state index in [0.717, 1.165) is 16.9 Å². The fourth-order valence-corrected chi connectivity index (χ4v) is 6.24. The molecule has 4 aromatic carbocycles. The molecule has 1 aliphatic rings. The maximum absolute atomic E-state index is 4.22. The Bertz CT molecular complexity index is 1710. The van der Waals surface area contributed by atoms with Crippen LogP contribution in [0.25, 0.3) is 33.7 Å². The Kier molecular flexibility index (Phi) is 8.89. The number of hydrogen-bond donors (Lipinski definition) is 0. The fraction of sp³-hybridized carbons (Fsp3) is 0.167. The van der Waals surface area contributed by atoms with Gasteiger partial charge in [-0.2, -0.15) is 36.0 Å². The third-order valence-electron chi connectivity index (χ3n) is 7.10. The first-order chi connectivity index (χ1) is 19.5. The molecule has 0 unspecified atom stereocenters. The van der Waals surface area contributed by atoms with Crippen molar-refractivity contribution in [1.29, 1.82) is 0 Å². The van der Waals surface area contributed by atoms with Crippen LogP contribution in [0.3, 0.4) is 0 Å². The molecule has 5 heteroatoms. The van der Waals surface area contributed by atoms with Gasteiger partial charge in [-0.15, -0.1) is 35.9 Å². The van der Waals surface area contributed by atoms with Gasteiger partial charge in [0.15, 0.2) is 0 Å². The van der Waals surface area contributed by atoms with Crippen LogP contribution in [0, 0.1) is 18.5 Å². The van der Waals surface area contributed by atoms with Crippen LogP contribution in [0.2, 0.25) is 0 Å². The van der Waals surface area contributed by atoms with Crippen LogP contribution in [-0.4, -0.2) is 9.55 Å². The van der Waals surface area contributed by atoms with Gasteiger partial charge in [-0.3, -0.25) is 4.57 Å². The molecular formula is C36H31IrN3S+. The number of aromatic nitrogens is 3. The minimum absolute atomic E-state index is 0. The number of pyridine rings is 1. The maximum atomic E-state index is 4.22. The van der Waals surface area contributed by atoms with E-state index in [1.807, 2.05) is 60.3 Å². The van der Waals surface area contributed by atoms with Crippen molar-refractivity contribution in [2.24, 2.45) is 0 Å². The zero-order valence-corrected chi connectivity index (χ0v) is 26.8. The molecule has 6 aromatic rings. The standard InChI is InChI=1S/C25H23N2S.C11H8N.Ir/c1-16(2)18-9-7-10-19(17(3)4)24(18)27-15-26-20-11-5-6-13-22(20)28-23-14-8-12-21(27)25(23)26;1-2-6-10(7-3-1)11-8-4-5-9-12-11;/h5-10,12-14,16-17H,1-4H3;1-6,8-9H;/q2*-1;+3. The third-order valence-corrected chi connectivity index (χ3v) is 8.20. The van der Waals surface area contributed by atoms with E-state index in [9.17, 15) is 0 Å². The summed E-state index contributed by atoms with van der Waals surface area (Å²) in [6.07, 6.45) is 5.47. The number of rotatable bonds is 4. The minimum Gasteiger partial charge on any atom is -0.313 e. The first kappa shape index (κ1) is 29.0. The first-order valence-electron chi connectivity index (χ1n) is 13.7. The number of para-hydroxylation sites is 3. The average molecular weight is 730 g/mol. The fourth-order valence-electron chi connectivity index (χ4n) is 5.17. The molecule has 0 atom stereocenters. The molecular weight excluding hydrogens is 699 g/mol. The van der Waals surface area contributed by atoms with E-state index >= 15 is 0 Å². The van der Waals surface area contributed by atoms with Crippen molar-refractivity contribution in [3.8, 4) is 22.6 Å². The van der Waals surface area contributed by atoms with Gasteiger partial charge in [-0.05, 0) is 40.4 Å². The Morgan fingerprint density at radius 3 is 2.12 bits per heavy atom. The summed E-state index contributed by atoms with van der Waals surface area (Å²) in [5, 5.41) is 0. The van der Waals surface area contributed by atoms with E-state index in [1.54, 1.807) is 6.20 Å². The van der Waals surface area contributed by atoms with Crippen molar-refractivity contribution in [1.82, 2.24) is 9.55 Å². The van der Waals surface area contributed by atoms with Crippen LogP contribution in [0.5, 0.6) is 0 Å². The monoisotopic (exact) mass is 730 g/mol. The summed E-state index contributed by atoms with van der Waals surface area (Å²) in [4.78, 5) is 6.71. The summed E-state index contributed by atoms with van der Waals surface area (Å²) in [7, 11) is 0. The predicted molar refractivity (Wildman–Crippen MR) is 163 cm³/mol. The summed E-state index contributed by atoms with van der Waals surface area (Å²) in [5.74, 6) is 0.879. The third kappa shape index (κ3) is 5.67. The molecule has 0 saturated heterocycles. The second-order valence-corrected chi connectivity index (χ2v) is 11.5. The molecule has 3 heterocycles. The zero-order valence-electron chi connectivity index (χ0n) is 23.6. The maximum Gasteiger partial charge on any atom is 3.00 e. The molecule has 0 aliphatic carbocycles. The summed E-state index contributed by atoms with van der Waals surface area (Å²) in [6.45, 7) is 9.08. The van der Waals surface area contributed by atoms with Crippen LogP contribution in [-0.2, 0) is 20.1 Å². The molecule has 41 heavy (non-hydrogen) atoms. The van der Waals surface area contributed by atoms with Crippen molar-refractivity contribution in [2.75, 3.05) is 0 Å². The first-order valence-corrected chi connectivity index (χ1v) is 14.5. The Morgan fingerprint density at radius 2 is 1.44 bits per heavy atom. The van der Waals surface area contributed by atoms with Gasteiger partial charge in [0.25, 0.3) is 6.33 Å². The van der Waals surface area contributed by atoms with Gasteiger partial charge in [0.05, 0.1) is 16.7 Å². The molecule has 3 nitrogen and oxygen atoms in total. The van der Waals surface area contributed by atoms with Crippen molar-refractivity contribution >= 4 is 22.8 Å². The van der Waals surface area contributed by atoms with Crippen LogP contribution in [0.1, 0.15) is 50.7 Å². The molecule has 0 amide bonds. The van der Waals surface area contributed by atoms with E-state index in [2.05, 4.69) is 109 Å². The molecule has 0 fully saturated rings. The van der Waals surface area contributed by atoms with Crippen molar-refractivity contribution in [2.45, 2.75) is 49.3 Å². The van der Waals surface area contributed by atoms with E-state index in [4.69, 9.17) is 0 Å². The summed E-state index contributed by atoms with van der Waals surface area (Å²) in [5.41, 5.74) is 9.51. The molecule has 204 valence electrons. The largest absolute Gasteiger partial charge is 3.00 e. The Hall–Kier alpha value is -3.50. The van der Waals surface area contributed by atoms with Gasteiger partial charge < -0.3 is 9.55 Å². The van der Waals surface area contributed by atoms with Crippen LogP contribution in [0.15, 0.2) is 113 Å². The van der Waals surface area contributed by atoms with Crippen LogP contribution in [0.4, 0.5) is 0 Å². The van der Waals surface area contributed by atoms with Gasteiger partial charge in [0.1, 0.15) is 0 Å². The number of benzene rings is 4. The minimum atomic E-state index is 0. The van der Waals surface area contributed by atoms with E-state index in [1.165, 1.54) is 37.6 Å². The summed E-state index contributed by atoms with van der Waals surface area (Å²) < 4.78 is 4.47. The summed E-state index contributed by atoms with van der Waals surface area (Å²) in [6, 6.07) is 39.7. The molecule has 0 radical (unpaired) electrons. The smallest absolute Gasteiger partial charge is 0.313 e. The normalized spacial score (nSPS) is 11.6. The Morgan fingerprint density at radius 1 is 0.732 bits per heavy atom. The second-order valence-electron chi connectivity index (χ2n) is 10.5. The number of imidazole rings is 1. The molecule has 0 N–H and O–H groups in total. The molecule has 2 aromatic heterocycles. The quantitative estimate of drug-likeness (QED) is 0.134. The number of fused-ring (bicyclic) bond motifs is 2. The SMILES string of the molecule is CC(C)c1cccc(C(C)C)c1-n1[c-][n+]2c3c(cccc31)Sc1ccc[c-]c1-2.[Ir+3].[c-]1ccccc1-c1ccccn1. The van der Waals surface area contributed by atoms with Crippen LogP contribution >= 0.6 is 11.8 Å². The predicted octanol–water partition coefficient (Wildman–Crippen LogP) is 8.77. The van der Waals surface area contributed by atoms with Crippen molar-refractivity contribution < 1.29 is 24.7 Å². The van der Waals surface area contributed by atoms with E-state index < -0.39 is 0 Å². The molecule has 7 rings (SSSR count). The Labute approximate surface area is 260 Å².